The van der Waals surface area contributed by atoms with Gasteiger partial charge in [0.1, 0.15) is 5.75 Å². The van der Waals surface area contributed by atoms with Crippen LogP contribution >= 0.6 is 0 Å². The van der Waals surface area contributed by atoms with Crippen LogP contribution < -0.4 is 9.47 Å². The summed E-state index contributed by atoms with van der Waals surface area (Å²) in [5.41, 5.74) is 0.907. The molecule has 0 N–H and O–H groups in total. The second kappa shape index (κ2) is 4.18. The number of benzene rings is 2. The summed E-state index contributed by atoms with van der Waals surface area (Å²) in [5.74, 6) is 1.44. The minimum atomic E-state index is 0.612. The zero-order valence-corrected chi connectivity index (χ0v) is 10.3. The average Bonchev–Trinajstić information content (AvgIpc) is 2.45. The van der Waals surface area contributed by atoms with Crippen LogP contribution in [0.25, 0.3) is 21.7 Å². The van der Waals surface area contributed by atoms with Crippen LogP contribution in [-0.4, -0.2) is 19.2 Å². The average molecular weight is 239 g/mol. The topological polar surface area (TPSA) is 31.4 Å². The molecule has 0 bridgehead atoms. The smallest absolute Gasteiger partial charge is 0.213 e. The maximum atomic E-state index is 5.43. The van der Waals surface area contributed by atoms with Gasteiger partial charge in [0, 0.05) is 11.5 Å². The van der Waals surface area contributed by atoms with E-state index < -0.39 is 0 Å². The third kappa shape index (κ3) is 1.56. The highest BCUT2D eigenvalue weighted by atomic mass is 16.5. The van der Waals surface area contributed by atoms with E-state index in [2.05, 4.69) is 23.2 Å². The molecule has 3 nitrogen and oxygen atoms in total. The molecular formula is C15H13NO2. The van der Waals surface area contributed by atoms with Crippen LogP contribution in [0.5, 0.6) is 11.6 Å². The van der Waals surface area contributed by atoms with E-state index in [0.29, 0.717) is 5.88 Å². The number of fused-ring (bicyclic) bond motifs is 3. The van der Waals surface area contributed by atoms with Crippen molar-refractivity contribution >= 4 is 21.7 Å². The second-order valence-electron chi connectivity index (χ2n) is 4.05. The van der Waals surface area contributed by atoms with E-state index in [1.165, 1.54) is 0 Å². The van der Waals surface area contributed by atoms with Crippen molar-refractivity contribution < 1.29 is 9.47 Å². The predicted molar refractivity (Wildman–Crippen MR) is 72.4 cm³/mol. The Morgan fingerprint density at radius 3 is 2.39 bits per heavy atom. The number of aromatic nitrogens is 1. The molecule has 3 aromatic rings. The lowest BCUT2D eigenvalue weighted by atomic mass is 10.1. The van der Waals surface area contributed by atoms with Gasteiger partial charge in [-0.2, -0.15) is 0 Å². The number of hydrogen-bond donors (Lipinski definition) is 0. The van der Waals surface area contributed by atoms with E-state index in [0.717, 1.165) is 27.4 Å². The van der Waals surface area contributed by atoms with Crippen molar-refractivity contribution in [3.63, 3.8) is 0 Å². The molecule has 18 heavy (non-hydrogen) atoms. The van der Waals surface area contributed by atoms with Gasteiger partial charge in [-0.15, -0.1) is 0 Å². The fourth-order valence-electron chi connectivity index (χ4n) is 2.19. The van der Waals surface area contributed by atoms with Crippen LogP contribution in [0.3, 0.4) is 0 Å². The molecule has 0 aliphatic rings. The van der Waals surface area contributed by atoms with E-state index in [9.17, 15) is 0 Å². The maximum absolute atomic E-state index is 5.43. The zero-order valence-electron chi connectivity index (χ0n) is 10.3. The van der Waals surface area contributed by atoms with Crippen molar-refractivity contribution in [3.05, 3.63) is 42.5 Å². The lowest BCUT2D eigenvalue weighted by molar-refractivity contribution is 0.399. The van der Waals surface area contributed by atoms with Gasteiger partial charge >= 0.3 is 0 Å². The van der Waals surface area contributed by atoms with Crippen molar-refractivity contribution in [2.24, 2.45) is 0 Å². The van der Waals surface area contributed by atoms with Crippen LogP contribution in [-0.2, 0) is 0 Å². The number of hydrogen-bond acceptors (Lipinski definition) is 3. The summed E-state index contributed by atoms with van der Waals surface area (Å²) in [7, 11) is 3.30. The molecule has 0 spiro atoms. The highest BCUT2D eigenvalue weighted by Gasteiger charge is 2.08. The molecule has 2 aromatic carbocycles. The molecule has 1 heterocycles. The monoisotopic (exact) mass is 239 g/mol. The Labute approximate surface area is 105 Å². The summed E-state index contributed by atoms with van der Waals surface area (Å²) >= 11 is 0. The van der Waals surface area contributed by atoms with Gasteiger partial charge in [0.15, 0.2) is 0 Å². The van der Waals surface area contributed by atoms with Crippen LogP contribution in [0.4, 0.5) is 0 Å². The number of methoxy groups -OCH3 is 2. The standard InChI is InChI=1S/C15H13NO2/c1-17-12-5-3-4-10-6-7-11-8-9-13(18-2)16-15(11)14(10)12/h3-9H,1-2H3. The quantitative estimate of drug-likeness (QED) is 0.642. The van der Waals surface area contributed by atoms with Crippen LogP contribution in [0, 0.1) is 0 Å². The van der Waals surface area contributed by atoms with E-state index >= 15 is 0 Å². The molecule has 0 fully saturated rings. The lowest BCUT2D eigenvalue weighted by Gasteiger charge is -2.09. The van der Waals surface area contributed by atoms with Crippen molar-refractivity contribution in [3.8, 4) is 11.6 Å². The zero-order chi connectivity index (χ0) is 12.5. The summed E-state index contributed by atoms with van der Waals surface area (Å²) in [4.78, 5) is 4.53. The van der Waals surface area contributed by atoms with Crippen molar-refractivity contribution in [1.82, 2.24) is 4.98 Å². The molecule has 0 unspecified atom stereocenters. The summed E-state index contributed by atoms with van der Waals surface area (Å²) < 4.78 is 10.6. The molecular weight excluding hydrogens is 226 g/mol. The van der Waals surface area contributed by atoms with Gasteiger partial charge in [-0.1, -0.05) is 24.3 Å². The van der Waals surface area contributed by atoms with Gasteiger partial charge in [0.25, 0.3) is 0 Å². The first-order valence-corrected chi connectivity index (χ1v) is 5.74. The second-order valence-corrected chi connectivity index (χ2v) is 4.05. The Kier molecular flexibility index (Phi) is 2.52. The molecule has 1 aromatic heterocycles. The van der Waals surface area contributed by atoms with E-state index in [4.69, 9.17) is 9.47 Å². The third-order valence-corrected chi connectivity index (χ3v) is 3.07. The molecule has 0 atom stereocenters. The molecule has 3 heteroatoms. The van der Waals surface area contributed by atoms with Gasteiger partial charge in [0.2, 0.25) is 5.88 Å². The SMILES string of the molecule is COc1ccc2ccc3cccc(OC)c3c2n1. The number of pyridine rings is 1. The van der Waals surface area contributed by atoms with Crippen LogP contribution in [0.1, 0.15) is 0 Å². The Morgan fingerprint density at radius 1 is 0.833 bits per heavy atom. The highest BCUT2D eigenvalue weighted by molar-refractivity contribution is 6.08. The minimum absolute atomic E-state index is 0.612. The number of nitrogens with zero attached hydrogens (tertiary/aromatic N) is 1. The molecule has 90 valence electrons. The first-order chi connectivity index (χ1) is 8.83. The van der Waals surface area contributed by atoms with Crippen LogP contribution in [0.2, 0.25) is 0 Å². The summed E-state index contributed by atoms with van der Waals surface area (Å²) in [6.45, 7) is 0. The van der Waals surface area contributed by atoms with E-state index in [-0.39, 0.29) is 0 Å². The Morgan fingerprint density at radius 2 is 1.61 bits per heavy atom. The Bertz CT molecular complexity index is 722. The van der Waals surface area contributed by atoms with Gasteiger partial charge in [0.05, 0.1) is 25.1 Å². The fourth-order valence-corrected chi connectivity index (χ4v) is 2.19. The normalized spacial score (nSPS) is 10.8. The molecule has 3 rings (SSSR count). The van der Waals surface area contributed by atoms with E-state index in [1.54, 1.807) is 14.2 Å². The predicted octanol–water partition coefficient (Wildman–Crippen LogP) is 3.41. The van der Waals surface area contributed by atoms with Crippen molar-refractivity contribution in [1.29, 1.82) is 0 Å². The molecule has 0 saturated carbocycles. The summed E-state index contributed by atoms with van der Waals surface area (Å²) in [5, 5.41) is 3.21. The summed E-state index contributed by atoms with van der Waals surface area (Å²) in [6.07, 6.45) is 0. The molecule has 0 amide bonds. The van der Waals surface area contributed by atoms with Crippen LogP contribution in [0.15, 0.2) is 42.5 Å². The van der Waals surface area contributed by atoms with Gasteiger partial charge in [-0.05, 0) is 17.5 Å². The Balaban J connectivity index is 2.49. The fraction of sp³-hybridized carbons (Fsp3) is 0.133. The third-order valence-electron chi connectivity index (χ3n) is 3.07. The molecule has 0 saturated heterocycles. The van der Waals surface area contributed by atoms with Gasteiger partial charge in [-0.25, -0.2) is 4.98 Å². The molecule has 0 aliphatic heterocycles. The Hall–Kier alpha value is -2.29. The highest BCUT2D eigenvalue weighted by Crippen LogP contribution is 2.32. The van der Waals surface area contributed by atoms with Gasteiger partial charge in [-0.3, -0.25) is 0 Å². The first-order valence-electron chi connectivity index (χ1n) is 5.74. The first kappa shape index (κ1) is 10.8. The van der Waals surface area contributed by atoms with Crippen molar-refractivity contribution in [2.75, 3.05) is 14.2 Å². The summed E-state index contributed by atoms with van der Waals surface area (Å²) in [6, 6.07) is 14.0. The maximum Gasteiger partial charge on any atom is 0.213 e. The number of ether oxygens (including phenoxy) is 2. The molecule has 0 aliphatic carbocycles. The van der Waals surface area contributed by atoms with Gasteiger partial charge < -0.3 is 9.47 Å². The van der Waals surface area contributed by atoms with E-state index in [1.807, 2.05) is 24.3 Å². The van der Waals surface area contributed by atoms with Crippen molar-refractivity contribution in [2.45, 2.75) is 0 Å². The number of rotatable bonds is 2. The lowest BCUT2D eigenvalue weighted by Crippen LogP contribution is -1.91. The largest absolute Gasteiger partial charge is 0.496 e. The molecule has 0 radical (unpaired) electrons. The minimum Gasteiger partial charge on any atom is -0.496 e.